The third-order valence-electron chi connectivity index (χ3n) is 2.88. The van der Waals surface area contributed by atoms with Gasteiger partial charge in [0, 0.05) is 28.8 Å². The zero-order chi connectivity index (χ0) is 12.4. The van der Waals surface area contributed by atoms with Gasteiger partial charge in [-0.15, -0.1) is 0 Å². The largest absolute Gasteiger partial charge is 0.372 e. The molecule has 1 heterocycles. The molecule has 4 heteroatoms. The Bertz CT molecular complexity index is 412. The molecule has 0 N–H and O–H groups in total. The first-order valence-electron chi connectivity index (χ1n) is 5.75. The van der Waals surface area contributed by atoms with Crippen LogP contribution in [0.4, 0.5) is 5.69 Å². The molecule has 2 unspecified atom stereocenters. The molecule has 1 fully saturated rings. The molecule has 2 rings (SSSR count). The summed E-state index contributed by atoms with van der Waals surface area (Å²) in [5, 5.41) is 0. The summed E-state index contributed by atoms with van der Waals surface area (Å²) in [4.78, 5) is 13.3. The van der Waals surface area contributed by atoms with E-state index >= 15 is 0 Å². The van der Waals surface area contributed by atoms with Gasteiger partial charge in [-0.25, -0.2) is 0 Å². The normalized spacial score (nSPS) is 24.8. The molecule has 17 heavy (non-hydrogen) atoms. The quantitative estimate of drug-likeness (QED) is 0.786. The second-order valence-corrected chi connectivity index (χ2v) is 5.40. The van der Waals surface area contributed by atoms with Gasteiger partial charge in [0.15, 0.2) is 6.29 Å². The van der Waals surface area contributed by atoms with Crippen molar-refractivity contribution in [3.63, 3.8) is 0 Å². The number of morpholine rings is 1. The summed E-state index contributed by atoms with van der Waals surface area (Å²) in [5.41, 5.74) is 1.71. The van der Waals surface area contributed by atoms with E-state index in [0.29, 0.717) is 0 Å². The molecule has 0 aliphatic carbocycles. The van der Waals surface area contributed by atoms with Crippen molar-refractivity contribution in [2.45, 2.75) is 26.1 Å². The monoisotopic (exact) mass is 297 g/mol. The van der Waals surface area contributed by atoms with Gasteiger partial charge in [0.25, 0.3) is 0 Å². The van der Waals surface area contributed by atoms with Gasteiger partial charge in [-0.2, -0.15) is 0 Å². The number of halogens is 1. The van der Waals surface area contributed by atoms with Crippen LogP contribution in [0.25, 0.3) is 0 Å². The lowest BCUT2D eigenvalue weighted by atomic mass is 10.1. The number of carbonyl (C=O) groups excluding carboxylic acids is 1. The van der Waals surface area contributed by atoms with Crippen molar-refractivity contribution in [2.24, 2.45) is 0 Å². The lowest BCUT2D eigenvalue weighted by Gasteiger charge is -2.37. The van der Waals surface area contributed by atoms with Gasteiger partial charge < -0.3 is 9.64 Å². The van der Waals surface area contributed by atoms with E-state index < -0.39 is 0 Å². The molecular formula is C13H16BrNO2. The predicted molar refractivity (Wildman–Crippen MR) is 71.8 cm³/mol. The van der Waals surface area contributed by atoms with E-state index in [4.69, 9.17) is 4.74 Å². The molecule has 1 saturated heterocycles. The van der Waals surface area contributed by atoms with Crippen LogP contribution in [0.3, 0.4) is 0 Å². The van der Waals surface area contributed by atoms with Crippen molar-refractivity contribution in [1.29, 1.82) is 0 Å². The maximum atomic E-state index is 11.1. The number of anilines is 1. The van der Waals surface area contributed by atoms with Gasteiger partial charge in [0.05, 0.1) is 12.2 Å². The highest BCUT2D eigenvalue weighted by Crippen LogP contribution is 2.26. The fourth-order valence-electron chi connectivity index (χ4n) is 2.28. The van der Waals surface area contributed by atoms with E-state index in [1.807, 2.05) is 18.2 Å². The second-order valence-electron chi connectivity index (χ2n) is 4.48. The Kier molecular flexibility index (Phi) is 3.84. The summed E-state index contributed by atoms with van der Waals surface area (Å²) >= 11 is 3.38. The molecule has 0 radical (unpaired) electrons. The number of carbonyl (C=O) groups is 1. The molecule has 1 aromatic rings. The summed E-state index contributed by atoms with van der Waals surface area (Å²) in [7, 11) is 0. The zero-order valence-corrected chi connectivity index (χ0v) is 11.6. The van der Waals surface area contributed by atoms with Crippen molar-refractivity contribution < 1.29 is 9.53 Å². The highest BCUT2D eigenvalue weighted by molar-refractivity contribution is 9.10. The minimum atomic E-state index is 0.196. The molecule has 0 spiro atoms. The Morgan fingerprint density at radius 1 is 1.35 bits per heavy atom. The van der Waals surface area contributed by atoms with E-state index in [1.54, 1.807) is 0 Å². The molecule has 2 atom stereocenters. The van der Waals surface area contributed by atoms with Crippen LogP contribution in [-0.2, 0) is 4.74 Å². The Morgan fingerprint density at radius 3 is 2.59 bits per heavy atom. The van der Waals surface area contributed by atoms with Crippen LogP contribution < -0.4 is 4.90 Å². The average Bonchev–Trinajstić information content (AvgIpc) is 2.27. The number of hydrogen-bond donors (Lipinski definition) is 0. The Balaban J connectivity index is 2.29. The van der Waals surface area contributed by atoms with Crippen LogP contribution in [0.15, 0.2) is 22.7 Å². The first kappa shape index (κ1) is 12.6. The lowest BCUT2D eigenvalue weighted by Crippen LogP contribution is -2.45. The third kappa shape index (κ3) is 2.87. The fraction of sp³-hybridized carbons (Fsp3) is 0.462. The number of nitrogens with zero attached hydrogens (tertiary/aromatic N) is 1. The molecule has 3 nitrogen and oxygen atoms in total. The molecule has 92 valence electrons. The van der Waals surface area contributed by atoms with Crippen LogP contribution in [0.1, 0.15) is 24.2 Å². The second kappa shape index (κ2) is 5.19. The topological polar surface area (TPSA) is 29.5 Å². The molecule has 1 aromatic carbocycles. The minimum absolute atomic E-state index is 0.196. The molecule has 1 aliphatic rings. The van der Waals surface area contributed by atoms with Crippen LogP contribution in [-0.4, -0.2) is 31.6 Å². The van der Waals surface area contributed by atoms with Crippen LogP contribution in [0.5, 0.6) is 0 Å². The van der Waals surface area contributed by atoms with Gasteiger partial charge in [-0.1, -0.05) is 15.9 Å². The molecule has 0 aromatic heterocycles. The van der Waals surface area contributed by atoms with Gasteiger partial charge in [-0.05, 0) is 32.0 Å². The summed E-state index contributed by atoms with van der Waals surface area (Å²) < 4.78 is 6.62. The zero-order valence-electron chi connectivity index (χ0n) is 10.0. The van der Waals surface area contributed by atoms with Crippen LogP contribution in [0, 0.1) is 0 Å². The summed E-state index contributed by atoms with van der Waals surface area (Å²) in [6, 6.07) is 5.80. The first-order chi connectivity index (χ1) is 8.10. The fourth-order valence-corrected chi connectivity index (χ4v) is 2.66. The van der Waals surface area contributed by atoms with Gasteiger partial charge in [0.2, 0.25) is 0 Å². The molecular weight excluding hydrogens is 282 g/mol. The van der Waals surface area contributed by atoms with Gasteiger partial charge in [0.1, 0.15) is 0 Å². The summed E-state index contributed by atoms with van der Waals surface area (Å²) in [6.07, 6.45) is 1.30. The average molecular weight is 298 g/mol. The number of hydrogen-bond acceptors (Lipinski definition) is 3. The SMILES string of the molecule is CC1CN(c2ccc(Br)cc2C=O)CC(C)O1. The van der Waals surface area contributed by atoms with E-state index in [-0.39, 0.29) is 12.2 Å². The lowest BCUT2D eigenvalue weighted by molar-refractivity contribution is -0.00525. The van der Waals surface area contributed by atoms with Gasteiger partial charge >= 0.3 is 0 Å². The van der Waals surface area contributed by atoms with Crippen LogP contribution >= 0.6 is 15.9 Å². The molecule has 0 saturated carbocycles. The van der Waals surface area contributed by atoms with E-state index in [1.165, 1.54) is 0 Å². The number of ether oxygens (including phenoxy) is 1. The standard InChI is InChI=1S/C13H16BrNO2/c1-9-6-15(7-10(2)17-9)13-4-3-12(14)5-11(13)8-16/h3-5,8-10H,6-7H2,1-2H3. The Hall–Kier alpha value is -0.870. The third-order valence-corrected chi connectivity index (χ3v) is 3.37. The van der Waals surface area contributed by atoms with Crippen LogP contribution in [0.2, 0.25) is 0 Å². The highest BCUT2D eigenvalue weighted by atomic mass is 79.9. The van der Waals surface area contributed by atoms with E-state index in [9.17, 15) is 4.79 Å². The van der Waals surface area contributed by atoms with Crippen molar-refractivity contribution in [3.05, 3.63) is 28.2 Å². The van der Waals surface area contributed by atoms with Crippen molar-refractivity contribution in [3.8, 4) is 0 Å². The molecule has 1 aliphatic heterocycles. The number of benzene rings is 1. The highest BCUT2D eigenvalue weighted by Gasteiger charge is 2.23. The predicted octanol–water partition coefficient (Wildman–Crippen LogP) is 2.88. The minimum Gasteiger partial charge on any atom is -0.372 e. The maximum absolute atomic E-state index is 11.1. The number of rotatable bonds is 2. The van der Waals surface area contributed by atoms with Crippen molar-refractivity contribution in [1.82, 2.24) is 0 Å². The Morgan fingerprint density at radius 2 is 2.00 bits per heavy atom. The van der Waals surface area contributed by atoms with E-state index in [2.05, 4.69) is 34.7 Å². The Labute approximate surface area is 110 Å². The molecule has 0 amide bonds. The molecule has 0 bridgehead atoms. The van der Waals surface area contributed by atoms with Gasteiger partial charge in [-0.3, -0.25) is 4.79 Å². The maximum Gasteiger partial charge on any atom is 0.152 e. The van der Waals surface area contributed by atoms with E-state index in [0.717, 1.165) is 35.1 Å². The summed E-state index contributed by atoms with van der Waals surface area (Å²) in [6.45, 7) is 5.77. The summed E-state index contributed by atoms with van der Waals surface area (Å²) in [5.74, 6) is 0. The first-order valence-corrected chi connectivity index (χ1v) is 6.54. The number of aldehydes is 1. The van der Waals surface area contributed by atoms with Crippen molar-refractivity contribution >= 4 is 27.9 Å². The van der Waals surface area contributed by atoms with Crippen molar-refractivity contribution in [2.75, 3.05) is 18.0 Å². The smallest absolute Gasteiger partial charge is 0.152 e.